The molecule has 0 amide bonds. The average Bonchev–Trinajstić information content (AvgIpc) is 1.83. The van der Waals surface area contributed by atoms with Gasteiger partial charge < -0.3 is 5.11 Å². The van der Waals surface area contributed by atoms with Gasteiger partial charge in [0.25, 0.3) is 0 Å². The highest BCUT2D eigenvalue weighted by Gasteiger charge is 2.24. The molecule has 0 saturated heterocycles. The summed E-state index contributed by atoms with van der Waals surface area (Å²) in [7, 11) is 0. The van der Waals surface area contributed by atoms with Crippen molar-refractivity contribution in [3.8, 4) is 0 Å². The Balaban J connectivity index is 3.72. The lowest BCUT2D eigenvalue weighted by Gasteiger charge is -1.98. The molecule has 68 valence electrons. The largest absolute Gasteiger partial charge is 0.478 e. The maximum atomic E-state index is 11.4. The maximum absolute atomic E-state index is 11.4. The molecule has 12 heavy (non-hydrogen) atoms. The van der Waals surface area contributed by atoms with Crippen LogP contribution in [0.4, 0.5) is 13.2 Å². The van der Waals surface area contributed by atoms with Gasteiger partial charge in [0.2, 0.25) is 0 Å². The number of carbonyl (C=O) groups is 1. The quantitative estimate of drug-likeness (QED) is 0.533. The zero-order chi connectivity index (χ0) is 9.61. The Morgan fingerprint density at radius 3 is 2.33 bits per heavy atom. The van der Waals surface area contributed by atoms with E-state index in [0.29, 0.717) is 0 Å². The molecule has 1 N–H and O–H groups in total. The third kappa shape index (κ3) is 8.74. The molecule has 0 radical (unpaired) electrons. The summed E-state index contributed by atoms with van der Waals surface area (Å²) in [5.74, 6) is -1.19. The van der Waals surface area contributed by atoms with Crippen LogP contribution in [0.25, 0.3) is 0 Å². The molecule has 0 aromatic heterocycles. The Bertz CT molecular complexity index is 203. The fraction of sp³-hybridized carbons (Fsp3) is 0.286. The van der Waals surface area contributed by atoms with Crippen LogP contribution in [0.3, 0.4) is 0 Å². The van der Waals surface area contributed by atoms with Gasteiger partial charge in [-0.25, -0.2) is 4.79 Å². The number of rotatable bonds is 3. The summed E-state index contributed by atoms with van der Waals surface area (Å²) in [6.07, 6.45) is -1.59. The van der Waals surface area contributed by atoms with E-state index >= 15 is 0 Å². The smallest absolute Gasteiger partial charge is 0.392 e. The topological polar surface area (TPSA) is 37.3 Å². The van der Waals surface area contributed by atoms with Crippen LogP contribution >= 0.6 is 0 Å². The summed E-state index contributed by atoms with van der Waals surface area (Å²) in [5.41, 5.74) is 0. The van der Waals surface area contributed by atoms with Crippen LogP contribution in [0.5, 0.6) is 0 Å². The van der Waals surface area contributed by atoms with E-state index in [1.165, 1.54) is 0 Å². The third-order valence-corrected chi connectivity index (χ3v) is 0.835. The second kappa shape index (κ2) is 4.58. The normalized spacial score (nSPS) is 12.9. The van der Waals surface area contributed by atoms with E-state index in [2.05, 4.69) is 0 Å². The molecule has 0 atom stereocenters. The van der Waals surface area contributed by atoms with Crippen molar-refractivity contribution in [2.45, 2.75) is 12.6 Å². The number of allylic oxidation sites excluding steroid dienone is 3. The minimum atomic E-state index is -4.23. The first-order valence-electron chi connectivity index (χ1n) is 3.05. The Hall–Kier alpha value is -1.26. The molecule has 0 heterocycles. The van der Waals surface area contributed by atoms with Crippen LogP contribution in [0, 0.1) is 0 Å². The molecule has 0 saturated carbocycles. The highest BCUT2D eigenvalue weighted by molar-refractivity contribution is 5.80. The van der Waals surface area contributed by atoms with Crippen LogP contribution in [0.2, 0.25) is 0 Å². The average molecular weight is 180 g/mol. The van der Waals surface area contributed by atoms with Gasteiger partial charge in [0.15, 0.2) is 0 Å². The number of hydrogen-bond acceptors (Lipinski definition) is 1. The van der Waals surface area contributed by atoms with E-state index in [1.54, 1.807) is 0 Å². The van der Waals surface area contributed by atoms with Crippen LogP contribution < -0.4 is 0 Å². The van der Waals surface area contributed by atoms with Gasteiger partial charge in [-0.2, -0.15) is 13.2 Å². The van der Waals surface area contributed by atoms with Crippen molar-refractivity contribution in [2.75, 3.05) is 0 Å². The van der Waals surface area contributed by atoms with Crippen molar-refractivity contribution >= 4 is 5.97 Å². The Morgan fingerprint density at radius 2 is 1.92 bits per heavy atom. The fourth-order valence-corrected chi connectivity index (χ4v) is 0.418. The minimum absolute atomic E-state index is 0.757. The highest BCUT2D eigenvalue weighted by atomic mass is 19.4. The van der Waals surface area contributed by atoms with Gasteiger partial charge in [-0.05, 0) is 0 Å². The number of aliphatic carboxylic acids is 1. The van der Waals surface area contributed by atoms with E-state index in [0.717, 1.165) is 24.3 Å². The van der Waals surface area contributed by atoms with Gasteiger partial charge in [-0.1, -0.05) is 18.2 Å². The third-order valence-electron chi connectivity index (χ3n) is 0.835. The number of carboxylic acids is 1. The van der Waals surface area contributed by atoms with Gasteiger partial charge in [0.1, 0.15) is 0 Å². The number of alkyl halides is 3. The Morgan fingerprint density at radius 1 is 1.33 bits per heavy atom. The molecular weight excluding hydrogens is 173 g/mol. The fourth-order valence-electron chi connectivity index (χ4n) is 0.418. The van der Waals surface area contributed by atoms with Crippen molar-refractivity contribution in [2.24, 2.45) is 0 Å². The Kier molecular flexibility index (Phi) is 4.10. The molecule has 0 unspecified atom stereocenters. The van der Waals surface area contributed by atoms with Gasteiger partial charge in [-0.15, -0.1) is 0 Å². The molecule has 0 aliphatic carbocycles. The zero-order valence-corrected chi connectivity index (χ0v) is 6.01. The van der Waals surface area contributed by atoms with Crippen molar-refractivity contribution in [3.05, 3.63) is 24.3 Å². The first-order chi connectivity index (χ1) is 5.42. The van der Waals surface area contributed by atoms with Gasteiger partial charge in [0.05, 0.1) is 6.42 Å². The number of carboxylic acid groups (broad SMARTS) is 1. The van der Waals surface area contributed by atoms with E-state index in [9.17, 15) is 18.0 Å². The standard InChI is InChI=1S/C7H7F3O2/c8-7(9,10)5-3-1-2-4-6(11)12/h1-4H,5H2,(H,11,12). The van der Waals surface area contributed by atoms with Gasteiger partial charge in [0, 0.05) is 6.08 Å². The molecule has 0 aliphatic heterocycles. The zero-order valence-electron chi connectivity index (χ0n) is 6.01. The molecule has 2 nitrogen and oxygen atoms in total. The van der Waals surface area contributed by atoms with Crippen LogP contribution in [-0.2, 0) is 4.79 Å². The van der Waals surface area contributed by atoms with Crippen molar-refractivity contribution in [1.29, 1.82) is 0 Å². The lowest BCUT2D eigenvalue weighted by molar-refractivity contribution is -0.131. The van der Waals surface area contributed by atoms with E-state index in [-0.39, 0.29) is 0 Å². The van der Waals surface area contributed by atoms with Crippen LogP contribution in [-0.4, -0.2) is 17.3 Å². The van der Waals surface area contributed by atoms with Gasteiger partial charge >= 0.3 is 12.1 Å². The van der Waals surface area contributed by atoms with Crippen LogP contribution in [0.1, 0.15) is 6.42 Å². The second-order valence-corrected chi connectivity index (χ2v) is 1.94. The van der Waals surface area contributed by atoms with Crippen molar-refractivity contribution < 1.29 is 23.1 Å². The predicted molar refractivity (Wildman–Crippen MR) is 36.6 cm³/mol. The SMILES string of the molecule is O=C(O)C=CC=CCC(F)(F)F. The Labute approximate surface area is 67.0 Å². The lowest BCUT2D eigenvalue weighted by Crippen LogP contribution is -2.03. The molecular formula is C7H7F3O2. The first kappa shape index (κ1) is 10.7. The summed E-state index contributed by atoms with van der Waals surface area (Å²) in [6, 6.07) is 0. The van der Waals surface area contributed by atoms with Gasteiger partial charge in [-0.3, -0.25) is 0 Å². The van der Waals surface area contributed by atoms with E-state index < -0.39 is 18.6 Å². The number of halogens is 3. The summed E-state index contributed by atoms with van der Waals surface area (Å²) in [6.45, 7) is 0. The molecule has 0 spiro atoms. The molecule has 0 bridgehead atoms. The van der Waals surface area contributed by atoms with Crippen LogP contribution in [0.15, 0.2) is 24.3 Å². The molecule has 5 heteroatoms. The molecule has 0 aromatic rings. The molecule has 0 aromatic carbocycles. The molecule has 0 rings (SSSR count). The molecule has 0 aliphatic rings. The lowest BCUT2D eigenvalue weighted by atomic mass is 10.3. The minimum Gasteiger partial charge on any atom is -0.478 e. The number of hydrogen-bond donors (Lipinski definition) is 1. The molecule has 0 fully saturated rings. The second-order valence-electron chi connectivity index (χ2n) is 1.94. The summed E-state index contributed by atoms with van der Waals surface area (Å²) < 4.78 is 34.3. The maximum Gasteiger partial charge on any atom is 0.392 e. The van der Waals surface area contributed by atoms with Crippen molar-refractivity contribution in [1.82, 2.24) is 0 Å². The summed E-state index contributed by atoms with van der Waals surface area (Å²) in [5, 5.41) is 8.03. The van der Waals surface area contributed by atoms with Crippen molar-refractivity contribution in [3.63, 3.8) is 0 Å². The van der Waals surface area contributed by atoms with E-state index in [4.69, 9.17) is 5.11 Å². The highest BCUT2D eigenvalue weighted by Crippen LogP contribution is 2.19. The van der Waals surface area contributed by atoms with E-state index in [1.807, 2.05) is 0 Å². The summed E-state index contributed by atoms with van der Waals surface area (Å²) in [4.78, 5) is 9.82. The monoisotopic (exact) mass is 180 g/mol. The first-order valence-corrected chi connectivity index (χ1v) is 3.05. The predicted octanol–water partition coefficient (Wildman–Crippen LogP) is 2.14. The summed E-state index contributed by atoms with van der Waals surface area (Å²) >= 11 is 0.